The minimum absolute atomic E-state index is 0.0614. The minimum Gasteiger partial charge on any atom is -0.505 e. The number of carbonyl (C=O) groups excluding carboxylic acids is 1. The first-order chi connectivity index (χ1) is 13.0. The van der Waals surface area contributed by atoms with Gasteiger partial charge in [-0.2, -0.15) is 0 Å². The highest BCUT2D eigenvalue weighted by Crippen LogP contribution is 2.40. The van der Waals surface area contributed by atoms with E-state index in [0.717, 1.165) is 0 Å². The van der Waals surface area contributed by atoms with E-state index in [9.17, 15) is 14.7 Å². The Kier molecular flexibility index (Phi) is 9.66. The van der Waals surface area contributed by atoms with Crippen LogP contribution in [0.4, 0.5) is 0 Å². The van der Waals surface area contributed by atoms with Crippen molar-refractivity contribution in [2.24, 2.45) is 0 Å². The van der Waals surface area contributed by atoms with Gasteiger partial charge in [0.2, 0.25) is 0 Å². The molecule has 2 N–H and O–H groups in total. The first-order valence-electron chi connectivity index (χ1n) is 6.87. The van der Waals surface area contributed by atoms with E-state index in [1.54, 1.807) is 6.07 Å². The van der Waals surface area contributed by atoms with Gasteiger partial charge in [0.25, 0.3) is 0 Å². The van der Waals surface area contributed by atoms with E-state index in [2.05, 4.69) is 36.6 Å². The predicted octanol–water partition coefficient (Wildman–Crippen LogP) is 6.71. The zero-order valence-corrected chi connectivity index (χ0v) is 20.1. The molecule has 0 amide bonds. The number of hydrogen-bond acceptors (Lipinski definition) is 5. The van der Waals surface area contributed by atoms with Gasteiger partial charge in [-0.3, -0.25) is 0 Å². The summed E-state index contributed by atoms with van der Waals surface area (Å²) in [7, 11) is 2.66. The first kappa shape index (κ1) is 25.1. The third kappa shape index (κ3) is 5.58. The summed E-state index contributed by atoms with van der Waals surface area (Å²) in [6.45, 7) is 0. The Labute approximate surface area is 196 Å². The van der Waals surface area contributed by atoms with E-state index in [0.29, 0.717) is 8.95 Å². The number of aromatic carboxylic acids is 1. The number of benzene rings is 2. The minimum atomic E-state index is -1.33. The molecule has 0 heterocycles. The number of ether oxygens (including phenoxy) is 2. The zero-order chi connectivity index (χ0) is 21.8. The molecule has 2 rings (SSSR count). The molecule has 0 saturated heterocycles. The van der Waals surface area contributed by atoms with Crippen molar-refractivity contribution in [3.05, 3.63) is 52.3 Å². The average molecular weight is 600 g/mol. The Hall–Kier alpha value is -0.900. The lowest BCUT2D eigenvalue weighted by Gasteiger charge is -2.11. The number of carbonyl (C=O) groups is 2. The van der Waals surface area contributed by atoms with Crippen LogP contribution in [0.15, 0.2) is 21.1 Å². The summed E-state index contributed by atoms with van der Waals surface area (Å²) in [6, 6.07) is 2.88. The van der Waals surface area contributed by atoms with Gasteiger partial charge in [0, 0.05) is 8.95 Å². The molecule has 152 valence electrons. The fraction of sp³-hybridized carbons (Fsp3) is 0.125. The summed E-state index contributed by atoms with van der Waals surface area (Å²) in [5, 5.41) is 18.3. The van der Waals surface area contributed by atoms with Crippen LogP contribution in [0.5, 0.6) is 11.5 Å². The van der Waals surface area contributed by atoms with E-state index >= 15 is 0 Å². The van der Waals surface area contributed by atoms with Crippen LogP contribution in [0.25, 0.3) is 0 Å². The summed E-state index contributed by atoms with van der Waals surface area (Å²) in [4.78, 5) is 22.1. The van der Waals surface area contributed by atoms with Crippen LogP contribution < -0.4 is 4.74 Å². The normalized spacial score (nSPS) is 10.0. The van der Waals surface area contributed by atoms with E-state index in [1.807, 2.05) is 0 Å². The number of methoxy groups -OCH3 is 2. The second-order valence-electron chi connectivity index (χ2n) is 4.74. The van der Waals surface area contributed by atoms with Gasteiger partial charge in [0.15, 0.2) is 5.75 Å². The standard InChI is InChI=1S/C9H7BrCl2O3.C7H3BrCl2O3/c1-14-8-5(11)3-4(10)7(12)6(8)9(13)15-2;8-2-1-3(9)6(11)4(5(2)10)7(12)13/h3H,1-2H3;1,11H,(H,12,13). The van der Waals surface area contributed by atoms with Gasteiger partial charge in [-0.15, -0.1) is 0 Å². The maximum absolute atomic E-state index is 11.5. The van der Waals surface area contributed by atoms with Crippen LogP contribution in [-0.2, 0) is 4.74 Å². The van der Waals surface area contributed by atoms with Gasteiger partial charge in [0.1, 0.15) is 16.9 Å². The van der Waals surface area contributed by atoms with Gasteiger partial charge in [-0.05, 0) is 44.0 Å². The van der Waals surface area contributed by atoms with Crippen molar-refractivity contribution >= 4 is 90.2 Å². The molecule has 0 radical (unpaired) electrons. The van der Waals surface area contributed by atoms with Crippen LogP contribution in [-0.4, -0.2) is 36.4 Å². The van der Waals surface area contributed by atoms with Crippen LogP contribution in [0.2, 0.25) is 20.1 Å². The van der Waals surface area contributed by atoms with Crippen molar-refractivity contribution in [1.29, 1.82) is 0 Å². The number of rotatable bonds is 3. The molecule has 0 spiro atoms. The van der Waals surface area contributed by atoms with Gasteiger partial charge >= 0.3 is 11.9 Å². The van der Waals surface area contributed by atoms with Crippen molar-refractivity contribution in [2.45, 2.75) is 0 Å². The van der Waals surface area contributed by atoms with Crippen molar-refractivity contribution in [3.63, 3.8) is 0 Å². The first-order valence-corrected chi connectivity index (χ1v) is 9.97. The molecular weight excluding hydrogens is 590 g/mol. The molecule has 6 nitrogen and oxygen atoms in total. The summed E-state index contributed by atoms with van der Waals surface area (Å²) < 4.78 is 10.4. The third-order valence-corrected chi connectivity index (χ3v) is 6.14. The predicted molar refractivity (Wildman–Crippen MR) is 115 cm³/mol. The quantitative estimate of drug-likeness (QED) is 0.301. The van der Waals surface area contributed by atoms with E-state index < -0.39 is 23.3 Å². The maximum Gasteiger partial charge on any atom is 0.343 e. The SMILES string of the molecule is COC(=O)c1c(Cl)c(Br)cc(Cl)c1OC.O=C(O)c1c(O)c(Cl)cc(Br)c1Cl. The second kappa shape index (κ2) is 10.8. The van der Waals surface area contributed by atoms with Gasteiger partial charge in [0.05, 0.1) is 34.3 Å². The molecule has 0 aliphatic heterocycles. The fourth-order valence-electron chi connectivity index (χ4n) is 1.84. The third-order valence-electron chi connectivity index (χ3n) is 3.08. The van der Waals surface area contributed by atoms with Crippen LogP contribution in [0.1, 0.15) is 20.7 Å². The lowest BCUT2D eigenvalue weighted by Crippen LogP contribution is -2.06. The van der Waals surface area contributed by atoms with Crippen molar-refractivity contribution in [2.75, 3.05) is 14.2 Å². The summed E-state index contributed by atoms with van der Waals surface area (Å²) in [5.74, 6) is -2.25. The number of carboxylic acid groups (broad SMARTS) is 1. The fourth-order valence-corrected chi connectivity index (χ4v) is 3.89. The summed E-state index contributed by atoms with van der Waals surface area (Å²) >= 11 is 29.2. The molecule has 2 aromatic rings. The van der Waals surface area contributed by atoms with E-state index in [-0.39, 0.29) is 31.4 Å². The largest absolute Gasteiger partial charge is 0.505 e. The molecule has 28 heavy (non-hydrogen) atoms. The Morgan fingerprint density at radius 2 is 1.39 bits per heavy atom. The molecule has 0 bridgehead atoms. The Morgan fingerprint density at radius 3 is 1.82 bits per heavy atom. The van der Waals surface area contributed by atoms with Crippen LogP contribution >= 0.6 is 78.3 Å². The lowest BCUT2D eigenvalue weighted by molar-refractivity contribution is 0.0596. The van der Waals surface area contributed by atoms with E-state index in [1.165, 1.54) is 20.3 Å². The van der Waals surface area contributed by atoms with Crippen molar-refractivity contribution < 1.29 is 29.3 Å². The number of hydrogen-bond donors (Lipinski definition) is 2. The summed E-state index contributed by atoms with van der Waals surface area (Å²) in [5.41, 5.74) is -0.290. The lowest BCUT2D eigenvalue weighted by atomic mass is 10.2. The average Bonchev–Trinajstić information content (AvgIpc) is 2.62. The van der Waals surface area contributed by atoms with Crippen LogP contribution in [0.3, 0.4) is 0 Å². The maximum atomic E-state index is 11.5. The number of phenols is 1. The van der Waals surface area contributed by atoms with Gasteiger partial charge in [-0.25, -0.2) is 9.59 Å². The molecule has 0 aliphatic rings. The molecule has 0 saturated carbocycles. The number of carboxylic acids is 1. The van der Waals surface area contributed by atoms with Crippen molar-refractivity contribution in [1.82, 2.24) is 0 Å². The number of esters is 1. The van der Waals surface area contributed by atoms with Gasteiger partial charge < -0.3 is 19.7 Å². The molecule has 0 aliphatic carbocycles. The highest BCUT2D eigenvalue weighted by atomic mass is 79.9. The molecule has 0 aromatic heterocycles. The summed E-state index contributed by atoms with van der Waals surface area (Å²) in [6.07, 6.45) is 0. The number of aromatic hydroxyl groups is 1. The van der Waals surface area contributed by atoms with Crippen LogP contribution in [0, 0.1) is 0 Å². The topological polar surface area (TPSA) is 93.1 Å². The Morgan fingerprint density at radius 1 is 0.929 bits per heavy atom. The zero-order valence-electron chi connectivity index (χ0n) is 13.9. The Balaban J connectivity index is 0.000000283. The molecule has 0 atom stereocenters. The number of halogens is 6. The molecule has 12 heteroatoms. The molecule has 2 aromatic carbocycles. The Bertz CT molecular complexity index is 910. The monoisotopic (exact) mass is 596 g/mol. The van der Waals surface area contributed by atoms with E-state index in [4.69, 9.17) is 56.2 Å². The highest BCUT2D eigenvalue weighted by molar-refractivity contribution is 9.10. The van der Waals surface area contributed by atoms with Gasteiger partial charge in [-0.1, -0.05) is 46.4 Å². The highest BCUT2D eigenvalue weighted by Gasteiger charge is 2.22. The smallest absolute Gasteiger partial charge is 0.343 e. The van der Waals surface area contributed by atoms with Crippen molar-refractivity contribution in [3.8, 4) is 11.5 Å². The molecular formula is C16H10Br2Cl4O6. The molecule has 0 unspecified atom stereocenters. The second-order valence-corrected chi connectivity index (χ2v) is 8.02. The molecule has 0 fully saturated rings.